The Balaban J connectivity index is 1.43. The molecular formula is C22H26N4O3S. The maximum atomic E-state index is 12.9. The van der Waals surface area contributed by atoms with Crippen LogP contribution in [0.25, 0.3) is 0 Å². The molecule has 1 aliphatic heterocycles. The Bertz CT molecular complexity index is 1080. The first-order valence-corrected chi connectivity index (χ1v) is 11.8. The SMILES string of the molecule is N=C(N)c1ccc(CCC(=O)N2CCCc3cc(NS(=O)(=O)C4CC4)ccc32)cc1. The summed E-state index contributed by atoms with van der Waals surface area (Å²) in [7, 11) is -3.30. The van der Waals surface area contributed by atoms with Crippen molar-refractivity contribution < 1.29 is 13.2 Å². The van der Waals surface area contributed by atoms with Crippen LogP contribution in [0.3, 0.4) is 0 Å². The number of nitrogens with one attached hydrogen (secondary N) is 2. The normalized spacial score (nSPS) is 16.1. The van der Waals surface area contributed by atoms with Crippen LogP contribution in [-0.4, -0.2) is 32.0 Å². The second-order valence-electron chi connectivity index (χ2n) is 7.95. The fourth-order valence-corrected chi connectivity index (χ4v) is 5.16. The standard InChI is InChI=1S/C22H26N4O3S/c23-22(24)16-6-3-15(4-7-16)5-12-21(27)26-13-1-2-17-14-18(8-11-20(17)26)25-30(28,29)19-9-10-19/h3-4,6-8,11,14,19,25H,1-2,5,9-10,12-13H2,(H3,23,24). The van der Waals surface area contributed by atoms with Gasteiger partial charge in [-0.15, -0.1) is 0 Å². The van der Waals surface area contributed by atoms with Gasteiger partial charge in [0, 0.05) is 29.9 Å². The van der Waals surface area contributed by atoms with Gasteiger partial charge in [-0.3, -0.25) is 14.9 Å². The number of sulfonamides is 1. The summed E-state index contributed by atoms with van der Waals surface area (Å²) < 4.78 is 27.1. The smallest absolute Gasteiger partial charge is 0.235 e. The molecule has 158 valence electrons. The van der Waals surface area contributed by atoms with Gasteiger partial charge < -0.3 is 10.6 Å². The molecule has 30 heavy (non-hydrogen) atoms. The van der Waals surface area contributed by atoms with Crippen LogP contribution >= 0.6 is 0 Å². The molecule has 0 aromatic heterocycles. The fourth-order valence-electron chi connectivity index (χ4n) is 3.78. The van der Waals surface area contributed by atoms with Crippen LogP contribution in [-0.2, 0) is 27.7 Å². The van der Waals surface area contributed by atoms with Gasteiger partial charge in [0.25, 0.3) is 0 Å². The van der Waals surface area contributed by atoms with Gasteiger partial charge in [0.1, 0.15) is 5.84 Å². The van der Waals surface area contributed by atoms with Gasteiger partial charge in [-0.2, -0.15) is 0 Å². The summed E-state index contributed by atoms with van der Waals surface area (Å²) >= 11 is 0. The highest BCUT2D eigenvalue weighted by molar-refractivity contribution is 7.93. The molecule has 4 N–H and O–H groups in total. The highest BCUT2D eigenvalue weighted by Gasteiger charge is 2.36. The Morgan fingerprint density at radius 1 is 1.17 bits per heavy atom. The first-order valence-electron chi connectivity index (χ1n) is 10.2. The summed E-state index contributed by atoms with van der Waals surface area (Å²) in [5.74, 6) is 0.0826. The number of nitrogens with zero attached hydrogens (tertiary/aromatic N) is 1. The molecule has 0 atom stereocenters. The molecule has 0 unspecified atom stereocenters. The third kappa shape index (κ3) is 4.48. The lowest BCUT2D eigenvalue weighted by Crippen LogP contribution is -2.35. The van der Waals surface area contributed by atoms with Crippen LogP contribution in [0.15, 0.2) is 42.5 Å². The number of anilines is 2. The number of hydrogen-bond donors (Lipinski definition) is 3. The summed E-state index contributed by atoms with van der Waals surface area (Å²) in [4.78, 5) is 14.7. The van der Waals surface area contributed by atoms with Crippen molar-refractivity contribution in [3.8, 4) is 0 Å². The Morgan fingerprint density at radius 3 is 2.57 bits per heavy atom. The summed E-state index contributed by atoms with van der Waals surface area (Å²) in [6.45, 7) is 0.669. The van der Waals surface area contributed by atoms with E-state index in [9.17, 15) is 13.2 Å². The lowest BCUT2D eigenvalue weighted by atomic mass is 10.00. The Hall–Kier alpha value is -2.87. The zero-order chi connectivity index (χ0) is 21.3. The van der Waals surface area contributed by atoms with Gasteiger partial charge in [-0.1, -0.05) is 24.3 Å². The van der Waals surface area contributed by atoms with Crippen LogP contribution in [0.1, 0.15) is 42.4 Å². The first kappa shape index (κ1) is 20.4. The monoisotopic (exact) mass is 426 g/mol. The van der Waals surface area contributed by atoms with E-state index in [-0.39, 0.29) is 17.0 Å². The number of amides is 1. The molecule has 4 rings (SSSR count). The summed E-state index contributed by atoms with van der Waals surface area (Å²) in [6, 6.07) is 12.8. The molecule has 0 bridgehead atoms. The van der Waals surface area contributed by atoms with E-state index in [0.29, 0.717) is 30.6 Å². The Morgan fingerprint density at radius 2 is 1.90 bits per heavy atom. The molecule has 1 heterocycles. The van der Waals surface area contributed by atoms with Gasteiger partial charge in [0.15, 0.2) is 0 Å². The van der Waals surface area contributed by atoms with Crippen LogP contribution in [0.2, 0.25) is 0 Å². The van der Waals surface area contributed by atoms with E-state index in [1.54, 1.807) is 18.2 Å². The number of fused-ring (bicyclic) bond motifs is 1. The average molecular weight is 427 g/mol. The summed E-state index contributed by atoms with van der Waals surface area (Å²) in [5.41, 5.74) is 9.60. The molecule has 2 aliphatic rings. The van der Waals surface area contributed by atoms with Crippen molar-refractivity contribution in [3.05, 3.63) is 59.2 Å². The minimum absolute atomic E-state index is 0.0290. The maximum absolute atomic E-state index is 12.9. The largest absolute Gasteiger partial charge is 0.384 e. The molecule has 2 aromatic carbocycles. The van der Waals surface area contributed by atoms with E-state index in [1.165, 1.54) is 0 Å². The number of nitrogens with two attached hydrogens (primary N) is 1. The number of hydrogen-bond acceptors (Lipinski definition) is 4. The molecule has 0 saturated heterocycles. The van der Waals surface area contributed by atoms with E-state index in [2.05, 4.69) is 4.72 Å². The van der Waals surface area contributed by atoms with Crippen molar-refractivity contribution >= 4 is 33.1 Å². The van der Waals surface area contributed by atoms with Crippen molar-refractivity contribution in [2.24, 2.45) is 5.73 Å². The van der Waals surface area contributed by atoms with Crippen LogP contribution < -0.4 is 15.4 Å². The number of nitrogen functional groups attached to an aromatic ring is 1. The second-order valence-corrected chi connectivity index (χ2v) is 9.91. The molecule has 1 aliphatic carbocycles. The number of amidine groups is 1. The third-order valence-electron chi connectivity index (χ3n) is 5.61. The van der Waals surface area contributed by atoms with E-state index in [1.807, 2.05) is 29.2 Å². The van der Waals surface area contributed by atoms with E-state index < -0.39 is 10.0 Å². The maximum Gasteiger partial charge on any atom is 0.235 e. The van der Waals surface area contributed by atoms with Gasteiger partial charge in [-0.05, 0) is 61.4 Å². The first-order chi connectivity index (χ1) is 14.3. The number of aryl methyl sites for hydroxylation is 2. The highest BCUT2D eigenvalue weighted by Crippen LogP contribution is 2.33. The minimum Gasteiger partial charge on any atom is -0.384 e. The molecule has 8 heteroatoms. The predicted octanol–water partition coefficient (Wildman–Crippen LogP) is 2.79. The molecule has 1 fully saturated rings. The van der Waals surface area contributed by atoms with Gasteiger partial charge >= 0.3 is 0 Å². The quantitative estimate of drug-likeness (QED) is 0.466. The van der Waals surface area contributed by atoms with E-state index in [4.69, 9.17) is 11.1 Å². The minimum atomic E-state index is -3.30. The van der Waals surface area contributed by atoms with Gasteiger partial charge in [0.2, 0.25) is 15.9 Å². The fraction of sp³-hybridized carbons (Fsp3) is 0.364. The molecule has 0 spiro atoms. The second kappa shape index (κ2) is 8.10. The number of benzene rings is 2. The molecule has 1 amide bonds. The van der Waals surface area contributed by atoms with Gasteiger partial charge in [-0.25, -0.2) is 8.42 Å². The zero-order valence-corrected chi connectivity index (χ0v) is 17.5. The average Bonchev–Trinajstić information content (AvgIpc) is 3.57. The van der Waals surface area contributed by atoms with Crippen LogP contribution in [0, 0.1) is 5.41 Å². The number of carbonyl (C=O) groups is 1. The number of carbonyl (C=O) groups excluding carboxylic acids is 1. The van der Waals surface area contributed by atoms with Crippen molar-refractivity contribution in [1.82, 2.24) is 0 Å². The lowest BCUT2D eigenvalue weighted by Gasteiger charge is -2.30. The molecule has 7 nitrogen and oxygen atoms in total. The van der Waals surface area contributed by atoms with Crippen molar-refractivity contribution in [2.45, 2.75) is 43.8 Å². The van der Waals surface area contributed by atoms with Crippen molar-refractivity contribution in [1.29, 1.82) is 5.41 Å². The summed E-state index contributed by atoms with van der Waals surface area (Å²) in [6.07, 6.45) is 4.12. The molecule has 1 saturated carbocycles. The van der Waals surface area contributed by atoms with Crippen molar-refractivity contribution in [3.63, 3.8) is 0 Å². The third-order valence-corrected chi connectivity index (χ3v) is 7.48. The topological polar surface area (TPSA) is 116 Å². The van der Waals surface area contributed by atoms with E-state index in [0.717, 1.165) is 42.5 Å². The van der Waals surface area contributed by atoms with Crippen LogP contribution in [0.4, 0.5) is 11.4 Å². The molecule has 2 aromatic rings. The molecule has 0 radical (unpaired) electrons. The zero-order valence-electron chi connectivity index (χ0n) is 16.7. The number of rotatable bonds is 7. The van der Waals surface area contributed by atoms with Crippen LogP contribution in [0.5, 0.6) is 0 Å². The predicted molar refractivity (Wildman–Crippen MR) is 118 cm³/mol. The Kier molecular flexibility index (Phi) is 5.51. The summed E-state index contributed by atoms with van der Waals surface area (Å²) in [5, 5.41) is 7.18. The lowest BCUT2D eigenvalue weighted by molar-refractivity contribution is -0.118. The van der Waals surface area contributed by atoms with Crippen molar-refractivity contribution in [2.75, 3.05) is 16.2 Å². The highest BCUT2D eigenvalue weighted by atomic mass is 32.2. The van der Waals surface area contributed by atoms with E-state index >= 15 is 0 Å². The Labute approximate surface area is 176 Å². The molecular weight excluding hydrogens is 400 g/mol. The van der Waals surface area contributed by atoms with Gasteiger partial charge in [0.05, 0.1) is 5.25 Å².